The maximum absolute atomic E-state index is 12.0. The van der Waals surface area contributed by atoms with E-state index in [-0.39, 0.29) is 24.4 Å². The fourth-order valence-corrected chi connectivity index (χ4v) is 2.34. The molecule has 9 heteroatoms. The van der Waals surface area contributed by atoms with Gasteiger partial charge in [-0.25, -0.2) is 4.79 Å². The van der Waals surface area contributed by atoms with E-state index in [1.54, 1.807) is 0 Å². The summed E-state index contributed by atoms with van der Waals surface area (Å²) in [5.41, 5.74) is -1.29. The second-order valence-corrected chi connectivity index (χ2v) is 5.56. The Kier molecular flexibility index (Phi) is 5.80. The average molecular weight is 338 g/mol. The van der Waals surface area contributed by atoms with Crippen LogP contribution in [0.25, 0.3) is 0 Å². The zero-order valence-corrected chi connectivity index (χ0v) is 13.2. The lowest BCUT2D eigenvalue weighted by molar-refractivity contribution is -0.394. The number of unbranched alkanes of at least 4 members (excludes halogenated alkanes) is 2. The first-order valence-electron chi connectivity index (χ1n) is 7.68. The molecule has 2 atom stereocenters. The maximum atomic E-state index is 12.0. The molecule has 0 amide bonds. The number of epoxide rings is 1. The number of non-ortho nitro benzene ring substituents is 2. The number of benzene rings is 1. The highest BCUT2D eigenvalue weighted by Crippen LogP contribution is 2.28. The summed E-state index contributed by atoms with van der Waals surface area (Å²) in [5.74, 6) is -0.843. The first-order valence-corrected chi connectivity index (χ1v) is 7.68. The Balaban J connectivity index is 1.93. The number of nitrogens with zero attached hydrogens (tertiary/aromatic N) is 2. The van der Waals surface area contributed by atoms with Crippen molar-refractivity contribution >= 4 is 17.3 Å². The molecule has 130 valence electrons. The molecule has 1 aromatic carbocycles. The molecule has 1 aliphatic heterocycles. The fraction of sp³-hybridized carbons (Fsp3) is 0.533. The second kappa shape index (κ2) is 7.82. The molecule has 0 saturated carbocycles. The number of hydrogen-bond acceptors (Lipinski definition) is 7. The molecule has 0 radical (unpaired) electrons. The quantitative estimate of drug-likeness (QED) is 0.223. The number of nitro benzene ring substituents is 2. The third-order valence-corrected chi connectivity index (χ3v) is 3.72. The van der Waals surface area contributed by atoms with Gasteiger partial charge in [-0.15, -0.1) is 0 Å². The largest absolute Gasteiger partial charge is 0.459 e. The van der Waals surface area contributed by atoms with E-state index in [2.05, 4.69) is 6.92 Å². The summed E-state index contributed by atoms with van der Waals surface area (Å²) >= 11 is 0. The van der Waals surface area contributed by atoms with Crippen LogP contribution < -0.4 is 0 Å². The Labute approximate surface area is 137 Å². The van der Waals surface area contributed by atoms with Crippen molar-refractivity contribution in [2.75, 3.05) is 6.61 Å². The van der Waals surface area contributed by atoms with Crippen LogP contribution in [-0.4, -0.2) is 34.6 Å². The minimum Gasteiger partial charge on any atom is -0.459 e. The highest BCUT2D eigenvalue weighted by molar-refractivity contribution is 5.91. The second-order valence-electron chi connectivity index (χ2n) is 5.56. The monoisotopic (exact) mass is 338 g/mol. The molecular weight excluding hydrogens is 320 g/mol. The predicted octanol–water partition coefficient (Wildman–Crippen LogP) is 3.01. The van der Waals surface area contributed by atoms with Gasteiger partial charge < -0.3 is 9.47 Å². The number of hydrogen-bond donors (Lipinski definition) is 0. The molecule has 0 unspecified atom stereocenters. The molecule has 0 N–H and O–H groups in total. The summed E-state index contributed by atoms with van der Waals surface area (Å²) in [5, 5.41) is 21.6. The van der Waals surface area contributed by atoms with Gasteiger partial charge in [-0.2, -0.15) is 0 Å². The van der Waals surface area contributed by atoms with Gasteiger partial charge in [-0.3, -0.25) is 20.2 Å². The molecule has 0 aliphatic carbocycles. The predicted molar refractivity (Wildman–Crippen MR) is 82.8 cm³/mol. The Morgan fingerprint density at radius 1 is 1.12 bits per heavy atom. The van der Waals surface area contributed by atoms with Crippen LogP contribution in [0.4, 0.5) is 11.4 Å². The SMILES string of the molecule is CCCCC[C@@H]1O[C@H]1COC(=O)c1cc([N+](=O)[O-])cc([N+](=O)[O-])c1. The lowest BCUT2D eigenvalue weighted by Crippen LogP contribution is -2.12. The molecule has 2 rings (SSSR count). The summed E-state index contributed by atoms with van der Waals surface area (Å²) in [6.45, 7) is 2.14. The lowest BCUT2D eigenvalue weighted by atomic mass is 10.1. The minimum absolute atomic E-state index is 0.0338. The van der Waals surface area contributed by atoms with Gasteiger partial charge in [0, 0.05) is 12.1 Å². The van der Waals surface area contributed by atoms with Gasteiger partial charge in [-0.1, -0.05) is 26.2 Å². The topological polar surface area (TPSA) is 125 Å². The van der Waals surface area contributed by atoms with Crippen LogP contribution in [0.1, 0.15) is 43.0 Å². The fourth-order valence-electron chi connectivity index (χ4n) is 2.34. The van der Waals surface area contributed by atoms with Gasteiger partial charge in [0.15, 0.2) is 0 Å². The van der Waals surface area contributed by atoms with Crippen molar-refractivity contribution in [2.45, 2.75) is 44.8 Å². The average Bonchev–Trinajstić information content (AvgIpc) is 3.30. The lowest BCUT2D eigenvalue weighted by Gasteiger charge is -2.03. The zero-order chi connectivity index (χ0) is 17.7. The van der Waals surface area contributed by atoms with Crippen LogP contribution in [-0.2, 0) is 9.47 Å². The van der Waals surface area contributed by atoms with Crippen LogP contribution in [0.2, 0.25) is 0 Å². The molecule has 1 aliphatic rings. The minimum atomic E-state index is -0.843. The van der Waals surface area contributed by atoms with E-state index in [0.717, 1.165) is 43.9 Å². The number of esters is 1. The number of ether oxygens (including phenoxy) is 2. The molecule has 1 aromatic rings. The Bertz CT molecular complexity index is 614. The van der Waals surface area contributed by atoms with E-state index in [0.29, 0.717) is 0 Å². The van der Waals surface area contributed by atoms with E-state index in [1.807, 2.05) is 0 Å². The normalized spacial score (nSPS) is 18.9. The van der Waals surface area contributed by atoms with Crippen LogP contribution in [0, 0.1) is 20.2 Å². The standard InChI is InChI=1S/C15H18N2O7/c1-2-3-4-5-13-14(24-13)9-23-15(18)10-6-11(16(19)20)8-12(7-10)17(21)22/h6-8,13-14H,2-5,9H2,1H3/t13-,14-/m0/s1. The molecule has 0 aromatic heterocycles. The zero-order valence-electron chi connectivity index (χ0n) is 13.2. The number of carbonyl (C=O) groups is 1. The Hall–Kier alpha value is -2.55. The maximum Gasteiger partial charge on any atom is 0.338 e. The smallest absolute Gasteiger partial charge is 0.338 e. The summed E-state index contributed by atoms with van der Waals surface area (Å²) < 4.78 is 10.4. The van der Waals surface area contributed by atoms with E-state index >= 15 is 0 Å². The number of rotatable bonds is 9. The first kappa shape index (κ1) is 17.8. The summed E-state index contributed by atoms with van der Waals surface area (Å²) in [4.78, 5) is 32.0. The van der Waals surface area contributed by atoms with Crippen LogP contribution in [0.3, 0.4) is 0 Å². The van der Waals surface area contributed by atoms with Crippen molar-refractivity contribution in [3.63, 3.8) is 0 Å². The molecule has 1 saturated heterocycles. The Morgan fingerprint density at radius 3 is 2.29 bits per heavy atom. The van der Waals surface area contributed by atoms with Gasteiger partial charge in [0.05, 0.1) is 27.6 Å². The first-order chi connectivity index (χ1) is 11.4. The summed E-state index contributed by atoms with van der Waals surface area (Å²) in [7, 11) is 0. The van der Waals surface area contributed by atoms with Gasteiger partial charge in [0.1, 0.15) is 12.7 Å². The van der Waals surface area contributed by atoms with Crippen molar-refractivity contribution in [1.82, 2.24) is 0 Å². The van der Waals surface area contributed by atoms with Gasteiger partial charge >= 0.3 is 5.97 Å². The molecule has 1 fully saturated rings. The molecule has 0 bridgehead atoms. The molecule has 0 spiro atoms. The number of nitro groups is 2. The molecular formula is C15H18N2O7. The summed E-state index contributed by atoms with van der Waals surface area (Å²) in [6, 6.07) is 2.72. The molecule has 1 heterocycles. The van der Waals surface area contributed by atoms with Crippen molar-refractivity contribution in [1.29, 1.82) is 0 Å². The highest BCUT2D eigenvalue weighted by Gasteiger charge is 2.39. The highest BCUT2D eigenvalue weighted by atomic mass is 16.6. The third kappa shape index (κ3) is 4.72. The molecule has 9 nitrogen and oxygen atoms in total. The number of carbonyl (C=O) groups excluding carboxylic acids is 1. The van der Waals surface area contributed by atoms with Crippen LogP contribution in [0.15, 0.2) is 18.2 Å². The van der Waals surface area contributed by atoms with Gasteiger partial charge in [0.2, 0.25) is 0 Å². The van der Waals surface area contributed by atoms with Crippen LogP contribution in [0.5, 0.6) is 0 Å². The Morgan fingerprint density at radius 2 is 1.75 bits per heavy atom. The van der Waals surface area contributed by atoms with E-state index < -0.39 is 27.2 Å². The van der Waals surface area contributed by atoms with E-state index in [1.165, 1.54) is 0 Å². The van der Waals surface area contributed by atoms with Gasteiger partial charge in [-0.05, 0) is 6.42 Å². The summed E-state index contributed by atoms with van der Waals surface area (Å²) in [6.07, 6.45) is 4.08. The van der Waals surface area contributed by atoms with Crippen molar-refractivity contribution in [3.05, 3.63) is 44.0 Å². The van der Waals surface area contributed by atoms with Gasteiger partial charge in [0.25, 0.3) is 11.4 Å². The van der Waals surface area contributed by atoms with Crippen LogP contribution >= 0.6 is 0 Å². The van der Waals surface area contributed by atoms with Crippen molar-refractivity contribution in [2.24, 2.45) is 0 Å². The van der Waals surface area contributed by atoms with E-state index in [4.69, 9.17) is 9.47 Å². The van der Waals surface area contributed by atoms with Crippen molar-refractivity contribution < 1.29 is 24.1 Å². The van der Waals surface area contributed by atoms with Crippen molar-refractivity contribution in [3.8, 4) is 0 Å². The molecule has 24 heavy (non-hydrogen) atoms. The third-order valence-electron chi connectivity index (χ3n) is 3.72. The van der Waals surface area contributed by atoms with E-state index in [9.17, 15) is 25.0 Å².